The van der Waals surface area contributed by atoms with Gasteiger partial charge in [0.25, 0.3) is 0 Å². The highest BCUT2D eigenvalue weighted by Gasteiger charge is 2.21. The van der Waals surface area contributed by atoms with E-state index in [-0.39, 0.29) is 0 Å². The molecule has 0 aromatic heterocycles. The minimum atomic E-state index is -1.04. The number of benzene rings is 1. The Bertz CT molecular complexity index is 320. The molecule has 0 aliphatic carbocycles. The summed E-state index contributed by atoms with van der Waals surface area (Å²) in [5.74, 6) is 1.23. The van der Waals surface area contributed by atoms with E-state index in [1.54, 1.807) is 0 Å². The van der Waals surface area contributed by atoms with Gasteiger partial charge in [0.15, 0.2) is 0 Å². The van der Waals surface area contributed by atoms with E-state index in [0.29, 0.717) is 5.92 Å². The molecule has 15 heavy (non-hydrogen) atoms. The lowest BCUT2D eigenvalue weighted by molar-refractivity contribution is 0.852. The zero-order valence-electron chi connectivity index (χ0n) is 9.56. The van der Waals surface area contributed by atoms with Crippen molar-refractivity contribution in [3.63, 3.8) is 0 Å². The van der Waals surface area contributed by atoms with Crippen molar-refractivity contribution < 1.29 is 0 Å². The molecule has 0 fully saturated rings. The number of hydrogen-bond acceptors (Lipinski definition) is 0. The number of rotatable bonds is 4. The summed E-state index contributed by atoms with van der Waals surface area (Å²) >= 11 is 9.57. The molecule has 0 spiro atoms. The molecule has 0 saturated carbocycles. The highest BCUT2D eigenvalue weighted by molar-refractivity contribution is 9.10. The maximum absolute atomic E-state index is 6.07. The van der Waals surface area contributed by atoms with Crippen LogP contribution in [0.5, 0.6) is 0 Å². The lowest BCUT2D eigenvalue weighted by atomic mass is 10.0. The standard InChI is InChI=1S/C12H18BrClSi/c1-15(2,3)9-11(8-14)10-5-4-6-12(13)7-10/h4-7,11H,8-9H2,1-3H3. The average Bonchev–Trinajstić information content (AvgIpc) is 2.13. The second-order valence-corrected chi connectivity index (χ2v) is 11.9. The van der Waals surface area contributed by atoms with Crippen molar-refractivity contribution in [2.45, 2.75) is 31.6 Å². The summed E-state index contributed by atoms with van der Waals surface area (Å²) in [7, 11) is -1.04. The summed E-state index contributed by atoms with van der Waals surface area (Å²) < 4.78 is 1.14. The largest absolute Gasteiger partial charge is 0.126 e. The van der Waals surface area contributed by atoms with Gasteiger partial charge in [-0.3, -0.25) is 0 Å². The minimum absolute atomic E-state index is 0.510. The van der Waals surface area contributed by atoms with Crippen LogP contribution in [0, 0.1) is 0 Å². The fourth-order valence-corrected chi connectivity index (χ4v) is 4.51. The molecular weight excluding hydrogens is 288 g/mol. The van der Waals surface area contributed by atoms with E-state index in [1.165, 1.54) is 11.6 Å². The van der Waals surface area contributed by atoms with Crippen LogP contribution in [0.3, 0.4) is 0 Å². The smallest absolute Gasteiger partial charge is 0.0449 e. The van der Waals surface area contributed by atoms with Crippen LogP contribution in [-0.2, 0) is 0 Å². The Balaban J connectivity index is 2.83. The van der Waals surface area contributed by atoms with Crippen LogP contribution in [0.2, 0.25) is 25.7 Å². The third kappa shape index (κ3) is 4.71. The molecule has 0 aliphatic heterocycles. The molecule has 1 atom stereocenters. The Morgan fingerprint density at radius 1 is 1.33 bits per heavy atom. The minimum Gasteiger partial charge on any atom is -0.126 e. The molecule has 0 radical (unpaired) electrons. The second-order valence-electron chi connectivity index (χ2n) is 5.17. The lowest BCUT2D eigenvalue weighted by Crippen LogP contribution is -2.23. The molecule has 1 aromatic rings. The second kappa shape index (κ2) is 5.51. The van der Waals surface area contributed by atoms with E-state index in [0.717, 1.165) is 10.4 Å². The van der Waals surface area contributed by atoms with Crippen LogP contribution < -0.4 is 0 Å². The summed E-state index contributed by atoms with van der Waals surface area (Å²) in [5.41, 5.74) is 1.36. The summed E-state index contributed by atoms with van der Waals surface area (Å²) in [4.78, 5) is 0. The van der Waals surface area contributed by atoms with Gasteiger partial charge in [-0.1, -0.05) is 47.7 Å². The van der Waals surface area contributed by atoms with Crippen LogP contribution >= 0.6 is 27.5 Å². The first-order chi connectivity index (χ1) is 6.92. The van der Waals surface area contributed by atoms with E-state index >= 15 is 0 Å². The van der Waals surface area contributed by atoms with Gasteiger partial charge in [0.2, 0.25) is 0 Å². The average molecular weight is 306 g/mol. The Labute approximate surface area is 107 Å². The van der Waals surface area contributed by atoms with Gasteiger partial charge in [-0.2, -0.15) is 0 Å². The molecular formula is C12H18BrClSi. The van der Waals surface area contributed by atoms with E-state index < -0.39 is 8.07 Å². The van der Waals surface area contributed by atoms with Crippen molar-refractivity contribution in [1.82, 2.24) is 0 Å². The maximum Gasteiger partial charge on any atom is 0.0449 e. The predicted octanol–water partition coefficient (Wildman–Crippen LogP) is 5.11. The van der Waals surface area contributed by atoms with Gasteiger partial charge >= 0.3 is 0 Å². The molecule has 1 aromatic carbocycles. The summed E-state index contributed by atoms with van der Waals surface area (Å²) in [6, 6.07) is 9.77. The fraction of sp³-hybridized carbons (Fsp3) is 0.500. The summed E-state index contributed by atoms with van der Waals surface area (Å²) in [6.07, 6.45) is 0. The molecule has 0 saturated heterocycles. The van der Waals surface area contributed by atoms with E-state index in [9.17, 15) is 0 Å². The van der Waals surface area contributed by atoms with Gasteiger partial charge in [0.05, 0.1) is 0 Å². The van der Waals surface area contributed by atoms with Crippen LogP contribution in [0.4, 0.5) is 0 Å². The normalized spacial score (nSPS) is 13.9. The maximum atomic E-state index is 6.07. The van der Waals surface area contributed by atoms with Crippen molar-refractivity contribution in [1.29, 1.82) is 0 Å². The zero-order valence-corrected chi connectivity index (χ0v) is 12.9. The molecule has 0 N–H and O–H groups in total. The molecule has 0 bridgehead atoms. The highest BCUT2D eigenvalue weighted by Crippen LogP contribution is 2.29. The summed E-state index contributed by atoms with van der Waals surface area (Å²) in [6.45, 7) is 7.18. The third-order valence-electron chi connectivity index (χ3n) is 2.37. The van der Waals surface area contributed by atoms with Gasteiger partial charge < -0.3 is 0 Å². The van der Waals surface area contributed by atoms with Gasteiger partial charge in [-0.05, 0) is 29.7 Å². The highest BCUT2D eigenvalue weighted by atomic mass is 79.9. The third-order valence-corrected chi connectivity index (χ3v) is 4.95. The Hall–Kier alpha value is 0.207. The Morgan fingerprint density at radius 2 is 2.00 bits per heavy atom. The molecule has 84 valence electrons. The summed E-state index contributed by atoms with van der Waals surface area (Å²) in [5, 5.41) is 0. The van der Waals surface area contributed by atoms with Crippen LogP contribution in [0.1, 0.15) is 11.5 Å². The van der Waals surface area contributed by atoms with Crippen molar-refractivity contribution >= 4 is 35.6 Å². The molecule has 1 rings (SSSR count). The first kappa shape index (κ1) is 13.3. The molecule has 0 aliphatic rings. The first-order valence-electron chi connectivity index (χ1n) is 5.24. The molecule has 1 unspecified atom stereocenters. The monoisotopic (exact) mass is 304 g/mol. The van der Waals surface area contributed by atoms with E-state index in [4.69, 9.17) is 11.6 Å². The van der Waals surface area contributed by atoms with Crippen LogP contribution in [0.15, 0.2) is 28.7 Å². The SMILES string of the molecule is C[Si](C)(C)CC(CCl)c1cccc(Br)c1. The van der Waals surface area contributed by atoms with Crippen molar-refractivity contribution in [2.24, 2.45) is 0 Å². The molecule has 3 heteroatoms. The van der Waals surface area contributed by atoms with Gasteiger partial charge in [-0.25, -0.2) is 0 Å². The van der Waals surface area contributed by atoms with Gasteiger partial charge in [0, 0.05) is 18.4 Å². The molecule has 0 heterocycles. The Kier molecular flexibility index (Phi) is 4.88. The number of alkyl halides is 1. The van der Waals surface area contributed by atoms with Crippen molar-refractivity contribution in [3.8, 4) is 0 Å². The molecule has 0 amide bonds. The van der Waals surface area contributed by atoms with Gasteiger partial charge in [0.1, 0.15) is 0 Å². The van der Waals surface area contributed by atoms with E-state index in [2.05, 4.69) is 59.8 Å². The number of hydrogen-bond donors (Lipinski definition) is 0. The van der Waals surface area contributed by atoms with Gasteiger partial charge in [-0.15, -0.1) is 11.6 Å². The topological polar surface area (TPSA) is 0 Å². The van der Waals surface area contributed by atoms with E-state index in [1.807, 2.05) is 0 Å². The first-order valence-corrected chi connectivity index (χ1v) is 10.3. The lowest BCUT2D eigenvalue weighted by Gasteiger charge is -2.23. The van der Waals surface area contributed by atoms with Crippen LogP contribution in [0.25, 0.3) is 0 Å². The fourth-order valence-electron chi connectivity index (χ4n) is 1.76. The quantitative estimate of drug-likeness (QED) is 0.535. The molecule has 0 nitrogen and oxygen atoms in total. The Morgan fingerprint density at radius 3 is 2.47 bits per heavy atom. The number of halogens is 2. The van der Waals surface area contributed by atoms with Crippen molar-refractivity contribution in [3.05, 3.63) is 34.3 Å². The van der Waals surface area contributed by atoms with Crippen molar-refractivity contribution in [2.75, 3.05) is 5.88 Å². The predicted molar refractivity (Wildman–Crippen MR) is 75.8 cm³/mol. The zero-order chi connectivity index (χ0) is 11.5. The van der Waals surface area contributed by atoms with Crippen LogP contribution in [-0.4, -0.2) is 14.0 Å².